The molecular formula is C30H33N5O3. The summed E-state index contributed by atoms with van der Waals surface area (Å²) in [6.45, 7) is 9.64. The number of hydrogen-bond donors (Lipinski definition) is 1. The predicted octanol–water partition coefficient (Wildman–Crippen LogP) is 4.89. The van der Waals surface area contributed by atoms with Crippen molar-refractivity contribution in [3.8, 4) is 16.9 Å². The molecule has 0 radical (unpaired) electrons. The second kappa shape index (κ2) is 9.44. The van der Waals surface area contributed by atoms with Gasteiger partial charge in [0.15, 0.2) is 5.75 Å². The third-order valence-corrected chi connectivity index (χ3v) is 7.90. The number of ether oxygens (including phenoxy) is 1. The first-order valence-corrected chi connectivity index (χ1v) is 13.2. The molecule has 1 saturated heterocycles. The Balaban J connectivity index is 1.48. The summed E-state index contributed by atoms with van der Waals surface area (Å²) in [5.41, 5.74) is 8.23. The lowest BCUT2D eigenvalue weighted by molar-refractivity contribution is -0.136. The molecule has 2 aliphatic rings. The predicted molar refractivity (Wildman–Crippen MR) is 148 cm³/mol. The summed E-state index contributed by atoms with van der Waals surface area (Å²) >= 11 is 0. The zero-order chi connectivity index (χ0) is 26.6. The van der Waals surface area contributed by atoms with Crippen LogP contribution in [0.25, 0.3) is 22.0 Å². The highest BCUT2D eigenvalue weighted by molar-refractivity contribution is 6.08. The number of carbonyl (C=O) groups is 1. The maximum atomic E-state index is 12.1. The lowest BCUT2D eigenvalue weighted by atomic mass is 9.88. The van der Waals surface area contributed by atoms with Gasteiger partial charge in [-0.05, 0) is 62.6 Å². The zero-order valence-electron chi connectivity index (χ0n) is 22.4. The quantitative estimate of drug-likeness (QED) is 0.395. The van der Waals surface area contributed by atoms with E-state index in [4.69, 9.17) is 14.7 Å². The molecule has 2 aromatic heterocycles. The summed E-state index contributed by atoms with van der Waals surface area (Å²) in [5.74, 6) is 0.426. The summed E-state index contributed by atoms with van der Waals surface area (Å²) in [6, 6.07) is 10.5. The van der Waals surface area contributed by atoms with E-state index in [1.807, 2.05) is 6.92 Å². The topological polar surface area (TPSA) is 83.7 Å². The molecule has 0 amide bonds. The van der Waals surface area contributed by atoms with Crippen molar-refractivity contribution in [2.75, 3.05) is 31.6 Å². The number of aromatic nitrogens is 3. The Morgan fingerprint density at radius 1 is 1.08 bits per heavy atom. The smallest absolute Gasteiger partial charge is 0.307 e. The molecule has 0 aliphatic carbocycles. The van der Waals surface area contributed by atoms with E-state index in [0.717, 1.165) is 70.6 Å². The van der Waals surface area contributed by atoms with Gasteiger partial charge in [0.05, 0.1) is 30.0 Å². The molecule has 196 valence electrons. The Kier molecular flexibility index (Phi) is 6.07. The third kappa shape index (κ3) is 4.19. The van der Waals surface area contributed by atoms with Crippen LogP contribution in [0, 0.1) is 20.8 Å². The Morgan fingerprint density at radius 3 is 2.47 bits per heavy atom. The second-order valence-corrected chi connectivity index (χ2v) is 10.6. The number of benzene rings is 2. The summed E-state index contributed by atoms with van der Waals surface area (Å²) in [7, 11) is 2.10. The van der Waals surface area contributed by atoms with Crippen LogP contribution in [-0.2, 0) is 17.8 Å². The van der Waals surface area contributed by atoms with Gasteiger partial charge < -0.3 is 24.2 Å². The molecular weight excluding hydrogens is 478 g/mol. The Hall–Kier alpha value is -3.91. The molecule has 8 heteroatoms. The highest BCUT2D eigenvalue weighted by Crippen LogP contribution is 2.46. The highest BCUT2D eigenvalue weighted by Gasteiger charge is 2.30. The van der Waals surface area contributed by atoms with Gasteiger partial charge in [-0.1, -0.05) is 29.8 Å². The molecule has 1 fully saturated rings. The van der Waals surface area contributed by atoms with Crippen LogP contribution in [0.2, 0.25) is 0 Å². The average Bonchev–Trinajstić information content (AvgIpc) is 3.46. The van der Waals surface area contributed by atoms with E-state index in [0.29, 0.717) is 18.2 Å². The van der Waals surface area contributed by atoms with Crippen molar-refractivity contribution >= 4 is 28.5 Å². The standard InChI is InChI=1S/C30H33N5O3/c1-18-5-7-21(8-6-18)27-24(14-26(36)37)20(3)28-29-25(27)13-19(2)34(29)11-12-35(28)30-31-15-23(16-32-30)38-22-9-10-33(4)17-22/h5-8,13,15-16,22H,9-12,14,17H2,1-4H3,(H,36,37). The van der Waals surface area contributed by atoms with Gasteiger partial charge in [0.2, 0.25) is 5.95 Å². The fourth-order valence-electron chi connectivity index (χ4n) is 6.04. The van der Waals surface area contributed by atoms with E-state index in [-0.39, 0.29) is 12.5 Å². The van der Waals surface area contributed by atoms with Crippen LogP contribution in [0.1, 0.15) is 28.8 Å². The fraction of sp³-hybridized carbons (Fsp3) is 0.367. The summed E-state index contributed by atoms with van der Waals surface area (Å²) in [5, 5.41) is 11.0. The van der Waals surface area contributed by atoms with E-state index in [2.05, 4.69) is 65.6 Å². The molecule has 4 heterocycles. The van der Waals surface area contributed by atoms with Crippen LogP contribution in [0.5, 0.6) is 5.75 Å². The van der Waals surface area contributed by atoms with Crippen LogP contribution < -0.4 is 9.64 Å². The number of nitrogens with zero attached hydrogens (tertiary/aromatic N) is 5. The molecule has 0 saturated carbocycles. The van der Waals surface area contributed by atoms with Crippen molar-refractivity contribution in [2.24, 2.45) is 0 Å². The average molecular weight is 512 g/mol. The lowest BCUT2D eigenvalue weighted by Gasteiger charge is -2.33. The van der Waals surface area contributed by atoms with Gasteiger partial charge in [0.1, 0.15) is 6.10 Å². The minimum atomic E-state index is -0.846. The number of anilines is 2. The van der Waals surface area contributed by atoms with Gasteiger partial charge in [-0.3, -0.25) is 4.79 Å². The Bertz CT molecular complexity index is 1530. The van der Waals surface area contributed by atoms with Crippen molar-refractivity contribution in [1.29, 1.82) is 0 Å². The normalized spacial score (nSPS) is 17.4. The molecule has 8 nitrogen and oxygen atoms in total. The number of rotatable bonds is 6. The first-order valence-electron chi connectivity index (χ1n) is 13.2. The summed E-state index contributed by atoms with van der Waals surface area (Å²) in [6.07, 6.45) is 4.61. The van der Waals surface area contributed by atoms with E-state index in [9.17, 15) is 9.90 Å². The van der Waals surface area contributed by atoms with E-state index in [1.54, 1.807) is 12.4 Å². The SMILES string of the molecule is Cc1ccc(-c2c(CC(=O)O)c(C)c3c4c2cc(C)n4CCN3c2ncc(OC3CCN(C)C3)cn2)cc1. The third-order valence-electron chi connectivity index (χ3n) is 7.90. The minimum Gasteiger partial charge on any atom is -0.486 e. The molecule has 38 heavy (non-hydrogen) atoms. The molecule has 1 N–H and O–H groups in total. The van der Waals surface area contributed by atoms with E-state index >= 15 is 0 Å². The van der Waals surface area contributed by atoms with Crippen LogP contribution >= 0.6 is 0 Å². The number of likely N-dealkylation sites (tertiary alicyclic amines) is 1. The minimum absolute atomic E-state index is 0.0560. The lowest BCUT2D eigenvalue weighted by Crippen LogP contribution is -2.30. The first-order chi connectivity index (χ1) is 18.3. The Labute approximate surface area is 222 Å². The van der Waals surface area contributed by atoms with Crippen LogP contribution in [0.15, 0.2) is 42.7 Å². The van der Waals surface area contributed by atoms with Crippen LogP contribution in [0.4, 0.5) is 11.6 Å². The number of aryl methyl sites for hydroxylation is 2. The van der Waals surface area contributed by atoms with Crippen molar-refractivity contribution in [1.82, 2.24) is 19.4 Å². The second-order valence-electron chi connectivity index (χ2n) is 10.6. The highest BCUT2D eigenvalue weighted by atomic mass is 16.5. The van der Waals surface area contributed by atoms with Gasteiger partial charge in [-0.2, -0.15) is 0 Å². The van der Waals surface area contributed by atoms with E-state index in [1.165, 1.54) is 5.56 Å². The number of likely N-dealkylation sites (N-methyl/N-ethyl adjacent to an activating group) is 1. The van der Waals surface area contributed by atoms with Crippen molar-refractivity contribution < 1.29 is 14.6 Å². The number of carboxylic acids is 1. The van der Waals surface area contributed by atoms with Gasteiger partial charge in [0, 0.05) is 37.3 Å². The summed E-state index contributed by atoms with van der Waals surface area (Å²) < 4.78 is 8.45. The van der Waals surface area contributed by atoms with Gasteiger partial charge >= 0.3 is 5.97 Å². The van der Waals surface area contributed by atoms with Gasteiger partial charge in [0.25, 0.3) is 0 Å². The number of aliphatic carboxylic acids is 1. The summed E-state index contributed by atoms with van der Waals surface area (Å²) in [4.78, 5) is 25.9. The zero-order valence-corrected chi connectivity index (χ0v) is 22.4. The van der Waals surface area contributed by atoms with E-state index < -0.39 is 5.97 Å². The number of carboxylic acid groups (broad SMARTS) is 1. The largest absolute Gasteiger partial charge is 0.486 e. The Morgan fingerprint density at radius 2 is 1.82 bits per heavy atom. The fourth-order valence-corrected chi connectivity index (χ4v) is 6.04. The molecule has 2 aromatic carbocycles. The van der Waals surface area contributed by atoms with Crippen LogP contribution in [-0.4, -0.2) is 63.3 Å². The maximum Gasteiger partial charge on any atom is 0.307 e. The molecule has 1 unspecified atom stereocenters. The molecule has 1 atom stereocenters. The monoisotopic (exact) mass is 511 g/mol. The van der Waals surface area contributed by atoms with Gasteiger partial charge in [-0.15, -0.1) is 0 Å². The van der Waals surface area contributed by atoms with Crippen LogP contribution in [0.3, 0.4) is 0 Å². The molecule has 4 aromatic rings. The molecule has 0 spiro atoms. The molecule has 0 bridgehead atoms. The van der Waals surface area contributed by atoms with Crippen molar-refractivity contribution in [3.63, 3.8) is 0 Å². The van der Waals surface area contributed by atoms with Crippen molar-refractivity contribution in [3.05, 3.63) is 65.1 Å². The first kappa shape index (κ1) is 24.4. The van der Waals surface area contributed by atoms with Gasteiger partial charge in [-0.25, -0.2) is 9.97 Å². The van der Waals surface area contributed by atoms with Crippen molar-refractivity contribution in [2.45, 2.75) is 46.3 Å². The number of hydrogen-bond acceptors (Lipinski definition) is 6. The molecule has 6 rings (SSSR count). The molecule has 2 aliphatic heterocycles. The maximum absolute atomic E-state index is 12.1.